The molecule has 1 heterocycles. The zero-order valence-electron chi connectivity index (χ0n) is 10.5. The summed E-state index contributed by atoms with van der Waals surface area (Å²) in [5, 5.41) is 8.47. The van der Waals surface area contributed by atoms with Crippen LogP contribution in [0.25, 0.3) is 17.1 Å². The molecule has 0 unspecified atom stereocenters. The first-order chi connectivity index (χ1) is 9.79. The summed E-state index contributed by atoms with van der Waals surface area (Å²) in [6.07, 6.45) is 0. The Hall–Kier alpha value is -1.65. The first kappa shape index (κ1) is 13.3. The quantitative estimate of drug-likeness (QED) is 0.655. The van der Waals surface area contributed by atoms with E-state index in [9.17, 15) is 0 Å². The normalized spacial score (nSPS) is 10.7. The van der Waals surface area contributed by atoms with E-state index < -0.39 is 0 Å². The summed E-state index contributed by atoms with van der Waals surface area (Å²) in [7, 11) is 0. The molecule has 100 valence electrons. The van der Waals surface area contributed by atoms with E-state index >= 15 is 0 Å². The van der Waals surface area contributed by atoms with Gasteiger partial charge in [-0.2, -0.15) is 0 Å². The summed E-state index contributed by atoms with van der Waals surface area (Å²) in [4.78, 5) is 0. The molecular formula is C15H11BrClN3. The SMILES string of the molecule is ClCc1nnc(-c2cccc(Br)c2)n1-c1ccccc1. The summed E-state index contributed by atoms with van der Waals surface area (Å²) in [5.74, 6) is 1.83. The van der Waals surface area contributed by atoms with E-state index in [0.717, 1.165) is 27.4 Å². The maximum absolute atomic E-state index is 5.98. The molecule has 0 spiro atoms. The van der Waals surface area contributed by atoms with Crippen LogP contribution in [-0.2, 0) is 5.88 Å². The molecule has 0 aliphatic rings. The predicted octanol–water partition coefficient (Wildman–Crippen LogP) is 4.44. The number of halogens is 2. The van der Waals surface area contributed by atoms with E-state index in [1.54, 1.807) is 0 Å². The molecular weight excluding hydrogens is 338 g/mol. The van der Waals surface area contributed by atoms with Crippen LogP contribution < -0.4 is 0 Å². The molecule has 1 aromatic heterocycles. The van der Waals surface area contributed by atoms with Gasteiger partial charge < -0.3 is 0 Å². The van der Waals surface area contributed by atoms with E-state index in [2.05, 4.69) is 26.1 Å². The molecule has 0 saturated carbocycles. The number of para-hydroxylation sites is 1. The van der Waals surface area contributed by atoms with Gasteiger partial charge in [-0.15, -0.1) is 21.8 Å². The second-order valence-electron chi connectivity index (χ2n) is 4.25. The molecule has 0 atom stereocenters. The van der Waals surface area contributed by atoms with Gasteiger partial charge in [0.1, 0.15) is 0 Å². The molecule has 0 aliphatic heterocycles. The lowest BCUT2D eigenvalue weighted by Gasteiger charge is -2.09. The van der Waals surface area contributed by atoms with Gasteiger partial charge in [0.15, 0.2) is 11.6 Å². The molecule has 0 bridgehead atoms. The Morgan fingerprint density at radius 3 is 2.50 bits per heavy atom. The van der Waals surface area contributed by atoms with Crippen LogP contribution in [0.5, 0.6) is 0 Å². The highest BCUT2D eigenvalue weighted by Gasteiger charge is 2.14. The fourth-order valence-corrected chi connectivity index (χ4v) is 2.64. The first-order valence-corrected chi connectivity index (χ1v) is 7.44. The Morgan fingerprint density at radius 1 is 1.00 bits per heavy atom. The van der Waals surface area contributed by atoms with Gasteiger partial charge in [-0.25, -0.2) is 0 Å². The van der Waals surface area contributed by atoms with Crippen molar-refractivity contribution in [1.82, 2.24) is 14.8 Å². The molecule has 20 heavy (non-hydrogen) atoms. The average molecular weight is 349 g/mol. The molecule has 0 N–H and O–H groups in total. The van der Waals surface area contributed by atoms with E-state index in [-0.39, 0.29) is 0 Å². The maximum Gasteiger partial charge on any atom is 0.168 e. The molecule has 3 rings (SSSR count). The fraction of sp³-hybridized carbons (Fsp3) is 0.0667. The summed E-state index contributed by atoms with van der Waals surface area (Å²) in [6, 6.07) is 18.0. The molecule has 3 nitrogen and oxygen atoms in total. The Balaban J connectivity index is 2.20. The maximum atomic E-state index is 5.98. The lowest BCUT2D eigenvalue weighted by atomic mass is 10.2. The highest BCUT2D eigenvalue weighted by atomic mass is 79.9. The second kappa shape index (κ2) is 5.77. The van der Waals surface area contributed by atoms with Crippen molar-refractivity contribution in [3.8, 4) is 17.1 Å². The lowest BCUT2D eigenvalue weighted by molar-refractivity contribution is 0.953. The molecule has 0 amide bonds. The van der Waals surface area contributed by atoms with Crippen LogP contribution in [0.15, 0.2) is 59.1 Å². The van der Waals surface area contributed by atoms with E-state index in [1.807, 2.05) is 59.2 Å². The highest BCUT2D eigenvalue weighted by molar-refractivity contribution is 9.10. The molecule has 0 aliphatic carbocycles. The number of benzene rings is 2. The van der Waals surface area contributed by atoms with Crippen LogP contribution >= 0.6 is 27.5 Å². The van der Waals surface area contributed by atoms with Crippen LogP contribution in [0, 0.1) is 0 Å². The number of hydrogen-bond acceptors (Lipinski definition) is 2. The van der Waals surface area contributed by atoms with E-state index in [0.29, 0.717) is 5.88 Å². The van der Waals surface area contributed by atoms with Crippen LogP contribution in [0.1, 0.15) is 5.82 Å². The lowest BCUT2D eigenvalue weighted by Crippen LogP contribution is -2.01. The van der Waals surface area contributed by atoms with Crippen LogP contribution in [0.2, 0.25) is 0 Å². The number of aromatic nitrogens is 3. The summed E-state index contributed by atoms with van der Waals surface area (Å²) < 4.78 is 2.99. The van der Waals surface area contributed by atoms with Crippen molar-refractivity contribution >= 4 is 27.5 Å². The van der Waals surface area contributed by atoms with Gasteiger partial charge in [0.25, 0.3) is 0 Å². The molecule has 0 saturated heterocycles. The molecule has 5 heteroatoms. The number of rotatable bonds is 3. The summed E-state index contributed by atoms with van der Waals surface area (Å²) >= 11 is 9.46. The molecule has 0 fully saturated rings. The monoisotopic (exact) mass is 347 g/mol. The van der Waals surface area contributed by atoms with Crippen molar-refractivity contribution in [2.24, 2.45) is 0 Å². The van der Waals surface area contributed by atoms with E-state index in [4.69, 9.17) is 11.6 Å². The minimum atomic E-state index is 0.315. The fourth-order valence-electron chi connectivity index (χ4n) is 2.07. The standard InChI is InChI=1S/C15H11BrClN3/c16-12-6-4-5-11(9-12)15-19-18-14(10-17)20(15)13-7-2-1-3-8-13/h1-9H,10H2. The van der Waals surface area contributed by atoms with Gasteiger partial charge in [-0.1, -0.05) is 46.3 Å². The Kier molecular flexibility index (Phi) is 3.85. The second-order valence-corrected chi connectivity index (χ2v) is 5.44. The van der Waals surface area contributed by atoms with Gasteiger partial charge in [0.2, 0.25) is 0 Å². The highest BCUT2D eigenvalue weighted by Crippen LogP contribution is 2.25. The third-order valence-corrected chi connectivity index (χ3v) is 3.68. The smallest absolute Gasteiger partial charge is 0.168 e. The Labute approximate surface area is 130 Å². The zero-order chi connectivity index (χ0) is 13.9. The predicted molar refractivity (Wildman–Crippen MR) is 84.1 cm³/mol. The molecule has 2 aromatic carbocycles. The Morgan fingerprint density at radius 2 is 1.80 bits per heavy atom. The zero-order valence-corrected chi connectivity index (χ0v) is 12.8. The summed E-state index contributed by atoms with van der Waals surface area (Å²) in [5.41, 5.74) is 2.00. The minimum Gasteiger partial charge on any atom is -0.278 e. The van der Waals surface area contributed by atoms with Crippen molar-refractivity contribution in [2.75, 3.05) is 0 Å². The van der Waals surface area contributed by atoms with Crippen molar-refractivity contribution in [1.29, 1.82) is 0 Å². The topological polar surface area (TPSA) is 30.7 Å². The van der Waals surface area contributed by atoms with Crippen LogP contribution in [-0.4, -0.2) is 14.8 Å². The summed E-state index contributed by atoms with van der Waals surface area (Å²) in [6.45, 7) is 0. The van der Waals surface area contributed by atoms with Crippen LogP contribution in [0.4, 0.5) is 0 Å². The van der Waals surface area contributed by atoms with Crippen LogP contribution in [0.3, 0.4) is 0 Å². The van der Waals surface area contributed by atoms with Gasteiger partial charge in [0.05, 0.1) is 5.88 Å². The molecule has 3 aromatic rings. The first-order valence-electron chi connectivity index (χ1n) is 6.11. The van der Waals surface area contributed by atoms with Crippen molar-refractivity contribution in [2.45, 2.75) is 5.88 Å². The number of hydrogen-bond donors (Lipinski definition) is 0. The third-order valence-electron chi connectivity index (χ3n) is 2.95. The number of nitrogens with zero attached hydrogens (tertiary/aromatic N) is 3. The third kappa shape index (κ3) is 2.49. The minimum absolute atomic E-state index is 0.315. The van der Waals surface area contributed by atoms with Gasteiger partial charge in [0, 0.05) is 15.7 Å². The average Bonchev–Trinajstić information content (AvgIpc) is 2.92. The van der Waals surface area contributed by atoms with Crippen molar-refractivity contribution < 1.29 is 0 Å². The largest absolute Gasteiger partial charge is 0.278 e. The van der Waals surface area contributed by atoms with Crippen molar-refractivity contribution in [3.05, 3.63) is 64.9 Å². The van der Waals surface area contributed by atoms with Gasteiger partial charge >= 0.3 is 0 Å². The number of alkyl halides is 1. The van der Waals surface area contributed by atoms with Gasteiger partial charge in [-0.05, 0) is 24.3 Å². The van der Waals surface area contributed by atoms with Gasteiger partial charge in [-0.3, -0.25) is 4.57 Å². The van der Waals surface area contributed by atoms with E-state index in [1.165, 1.54) is 0 Å². The molecule has 0 radical (unpaired) electrons. The van der Waals surface area contributed by atoms with Crippen molar-refractivity contribution in [3.63, 3.8) is 0 Å². The Bertz CT molecular complexity index is 725.